The standard InChI is InChI=1S/C14H12N4OS.C14H11N3OS.C12H9N3O2S/c1-9-15-7-6-10(16-9)8-18-13(19)11-4-2-3-5-12(11)17-14(18)20;18-13-11-3-1-2-4-12(11)16-14(19)17(13)9-10-5-7-15-8-6-10;16-11-9-3-1-2-4-10(9)13-12(18)15(11)7-8-5-6-17-14-8/h2-7H,8H2,1H3,(H,17,20);1-8H,9H2,(H,16,19);1-6H,7H2,(H,13,18). The number of H-pyrrole nitrogens is 3. The van der Waals surface area contributed by atoms with Crippen LogP contribution >= 0.6 is 36.7 Å². The lowest BCUT2D eigenvalue weighted by atomic mass is 10.2. The molecule has 17 heteroatoms. The Labute approximate surface area is 337 Å². The summed E-state index contributed by atoms with van der Waals surface area (Å²) in [7, 11) is 0. The maximum Gasteiger partial charge on any atom is 0.262 e. The van der Waals surface area contributed by atoms with E-state index in [2.05, 4.69) is 35.1 Å². The van der Waals surface area contributed by atoms with E-state index in [0.717, 1.165) is 27.8 Å². The van der Waals surface area contributed by atoms with Crippen molar-refractivity contribution in [3.63, 3.8) is 0 Å². The van der Waals surface area contributed by atoms with Gasteiger partial charge in [0.25, 0.3) is 16.7 Å². The Kier molecular flexibility index (Phi) is 11.7. The second-order valence-electron chi connectivity index (χ2n) is 12.5. The summed E-state index contributed by atoms with van der Waals surface area (Å²) in [6.45, 7) is 2.90. The van der Waals surface area contributed by atoms with Crippen LogP contribution < -0.4 is 16.7 Å². The summed E-state index contributed by atoms with van der Waals surface area (Å²) in [6.07, 6.45) is 6.55. The van der Waals surface area contributed by atoms with E-state index >= 15 is 0 Å². The van der Waals surface area contributed by atoms with Gasteiger partial charge in [0.1, 0.15) is 17.8 Å². The minimum absolute atomic E-state index is 0.0730. The zero-order valence-electron chi connectivity index (χ0n) is 30.2. The predicted octanol–water partition coefficient (Wildman–Crippen LogP) is 6.80. The molecule has 0 fully saturated rings. The van der Waals surface area contributed by atoms with Gasteiger partial charge in [-0.15, -0.1) is 0 Å². The number of fused-ring (bicyclic) bond motifs is 3. The lowest BCUT2D eigenvalue weighted by molar-refractivity contribution is 0.409. The first-order chi connectivity index (χ1) is 27.7. The minimum Gasteiger partial charge on any atom is -0.364 e. The Morgan fingerprint density at radius 1 is 0.561 bits per heavy atom. The van der Waals surface area contributed by atoms with E-state index in [1.807, 2.05) is 73.7 Å². The molecule has 0 radical (unpaired) electrons. The number of hydrogen-bond donors (Lipinski definition) is 3. The van der Waals surface area contributed by atoms with Crippen molar-refractivity contribution in [2.45, 2.75) is 26.6 Å². The number of aryl methyl sites for hydroxylation is 1. The molecule has 14 nitrogen and oxygen atoms in total. The molecule has 0 aliphatic carbocycles. The third-order valence-corrected chi connectivity index (χ3v) is 9.69. The Morgan fingerprint density at radius 2 is 1.02 bits per heavy atom. The van der Waals surface area contributed by atoms with Crippen LogP contribution in [0.5, 0.6) is 0 Å². The molecule has 0 aliphatic rings. The Bertz CT molecular complexity index is 3230. The Balaban J connectivity index is 0.000000131. The molecular weight excluding hydrogens is 781 g/mol. The molecule has 57 heavy (non-hydrogen) atoms. The van der Waals surface area contributed by atoms with Gasteiger partial charge in [-0.3, -0.25) is 33.1 Å². The zero-order valence-corrected chi connectivity index (χ0v) is 32.6. The van der Waals surface area contributed by atoms with Crippen molar-refractivity contribution in [3.05, 3.63) is 190 Å². The molecule has 3 aromatic carbocycles. The highest BCUT2D eigenvalue weighted by atomic mass is 32.1. The van der Waals surface area contributed by atoms with Gasteiger partial charge in [-0.1, -0.05) is 41.6 Å². The van der Waals surface area contributed by atoms with Gasteiger partial charge in [-0.25, -0.2) is 9.97 Å². The molecule has 9 aromatic rings. The Morgan fingerprint density at radius 3 is 1.47 bits per heavy atom. The summed E-state index contributed by atoms with van der Waals surface area (Å²) in [5, 5.41) is 5.65. The smallest absolute Gasteiger partial charge is 0.262 e. The summed E-state index contributed by atoms with van der Waals surface area (Å²) >= 11 is 15.7. The van der Waals surface area contributed by atoms with Crippen molar-refractivity contribution in [3.8, 4) is 0 Å². The van der Waals surface area contributed by atoms with Crippen molar-refractivity contribution in [2.24, 2.45) is 0 Å². The summed E-state index contributed by atoms with van der Waals surface area (Å²) in [5.41, 5.74) is 4.35. The summed E-state index contributed by atoms with van der Waals surface area (Å²) < 4.78 is 10.5. The summed E-state index contributed by atoms with van der Waals surface area (Å²) in [4.78, 5) is 58.7. The van der Waals surface area contributed by atoms with E-state index in [9.17, 15) is 14.4 Å². The molecule has 3 N–H and O–H groups in total. The largest absolute Gasteiger partial charge is 0.364 e. The van der Waals surface area contributed by atoms with Gasteiger partial charge >= 0.3 is 0 Å². The number of hydrogen-bond acceptors (Lipinski definition) is 11. The fourth-order valence-electron chi connectivity index (χ4n) is 5.93. The quantitative estimate of drug-likeness (QED) is 0.150. The van der Waals surface area contributed by atoms with E-state index in [1.165, 1.54) is 15.4 Å². The average Bonchev–Trinajstić information content (AvgIpc) is 3.74. The van der Waals surface area contributed by atoms with Crippen molar-refractivity contribution < 1.29 is 4.52 Å². The number of rotatable bonds is 6. The second-order valence-corrected chi connectivity index (χ2v) is 13.7. The first-order valence-electron chi connectivity index (χ1n) is 17.4. The molecule has 6 heterocycles. The number of nitrogens with one attached hydrogen (secondary N) is 3. The number of aromatic amines is 3. The fourth-order valence-corrected chi connectivity index (χ4v) is 6.71. The lowest BCUT2D eigenvalue weighted by Gasteiger charge is -2.07. The van der Waals surface area contributed by atoms with Gasteiger partial charge < -0.3 is 19.5 Å². The molecule has 0 aliphatic heterocycles. The summed E-state index contributed by atoms with van der Waals surface area (Å²) in [6, 6.07) is 29.2. The van der Waals surface area contributed by atoms with Crippen LogP contribution in [0.25, 0.3) is 32.7 Å². The van der Waals surface area contributed by atoms with Crippen LogP contribution in [0.15, 0.2) is 141 Å². The maximum atomic E-state index is 12.5. The molecule has 6 aromatic heterocycles. The zero-order chi connectivity index (χ0) is 39.9. The predicted molar refractivity (Wildman–Crippen MR) is 225 cm³/mol. The van der Waals surface area contributed by atoms with Gasteiger partial charge in [0.15, 0.2) is 14.3 Å². The van der Waals surface area contributed by atoms with Crippen LogP contribution in [-0.4, -0.2) is 48.8 Å². The molecule has 0 saturated carbocycles. The SMILES string of the molecule is Cc1nccc(Cn2c(=S)[nH]c3ccccc3c2=O)n1.O=c1c2ccccc2[nH]c(=S)n1Cc1ccncc1.O=c1c2ccccc2[nH]c(=S)n1Cc1ccon1. The lowest BCUT2D eigenvalue weighted by Crippen LogP contribution is -2.23. The van der Waals surface area contributed by atoms with Crippen molar-refractivity contribution in [1.29, 1.82) is 0 Å². The number of aromatic nitrogens is 10. The monoisotopic (exact) mass is 812 g/mol. The molecule has 284 valence electrons. The van der Waals surface area contributed by atoms with Crippen LogP contribution in [0.3, 0.4) is 0 Å². The molecule has 0 saturated heterocycles. The van der Waals surface area contributed by atoms with E-state index in [4.69, 9.17) is 41.2 Å². The molecule has 0 bridgehead atoms. The maximum absolute atomic E-state index is 12.5. The second kappa shape index (κ2) is 17.3. The van der Waals surface area contributed by atoms with E-state index in [-0.39, 0.29) is 16.7 Å². The number of nitrogens with zero attached hydrogens (tertiary/aromatic N) is 7. The number of pyridine rings is 1. The van der Waals surface area contributed by atoms with Gasteiger partial charge in [-0.05, 0) is 104 Å². The van der Waals surface area contributed by atoms with Crippen LogP contribution in [0.2, 0.25) is 0 Å². The third kappa shape index (κ3) is 8.86. The third-order valence-electron chi connectivity index (χ3n) is 8.72. The molecule has 0 spiro atoms. The first kappa shape index (κ1) is 38.5. The van der Waals surface area contributed by atoms with Crippen LogP contribution in [-0.2, 0) is 19.6 Å². The molecule has 0 atom stereocenters. The Hall–Kier alpha value is -6.82. The highest BCUT2D eigenvalue weighted by Crippen LogP contribution is 2.10. The van der Waals surface area contributed by atoms with E-state index in [0.29, 0.717) is 61.6 Å². The van der Waals surface area contributed by atoms with Gasteiger partial charge in [-0.2, -0.15) is 0 Å². The number of benzene rings is 3. The highest BCUT2D eigenvalue weighted by Gasteiger charge is 2.09. The van der Waals surface area contributed by atoms with E-state index in [1.54, 1.807) is 53.5 Å². The van der Waals surface area contributed by atoms with Crippen LogP contribution in [0, 0.1) is 21.2 Å². The van der Waals surface area contributed by atoms with Gasteiger partial charge in [0.2, 0.25) is 0 Å². The molecule has 9 rings (SSSR count). The topological polar surface area (TPSA) is 178 Å². The molecule has 0 unspecified atom stereocenters. The minimum atomic E-state index is -0.127. The van der Waals surface area contributed by atoms with Crippen molar-refractivity contribution >= 4 is 69.4 Å². The van der Waals surface area contributed by atoms with Gasteiger partial charge in [0, 0.05) is 24.7 Å². The molecule has 0 amide bonds. The average molecular weight is 813 g/mol. The first-order valence-corrected chi connectivity index (χ1v) is 18.6. The van der Waals surface area contributed by atoms with Crippen LogP contribution in [0.4, 0.5) is 0 Å². The normalized spacial score (nSPS) is 10.8. The number of para-hydroxylation sites is 3. The summed E-state index contributed by atoms with van der Waals surface area (Å²) in [5.74, 6) is 0.672. The van der Waals surface area contributed by atoms with Crippen molar-refractivity contribution in [1.82, 2.24) is 48.8 Å². The van der Waals surface area contributed by atoms with Crippen molar-refractivity contribution in [2.75, 3.05) is 0 Å². The fraction of sp³-hybridized carbons (Fsp3) is 0.100. The van der Waals surface area contributed by atoms with Crippen LogP contribution in [0.1, 0.15) is 22.8 Å². The van der Waals surface area contributed by atoms with E-state index < -0.39 is 0 Å². The highest BCUT2D eigenvalue weighted by molar-refractivity contribution is 7.71. The van der Waals surface area contributed by atoms with Gasteiger partial charge in [0.05, 0.1) is 58.0 Å². The molecular formula is C40H32N10O4S3.